The van der Waals surface area contributed by atoms with Crippen LogP contribution in [-0.4, -0.2) is 25.2 Å². The van der Waals surface area contributed by atoms with Crippen LogP contribution in [0.3, 0.4) is 0 Å². The van der Waals surface area contributed by atoms with E-state index in [1.807, 2.05) is 13.0 Å². The van der Waals surface area contributed by atoms with E-state index in [1.165, 1.54) is 6.08 Å². The molecule has 4 heteroatoms. The smallest absolute Gasteiger partial charge is 0.338 e. The summed E-state index contributed by atoms with van der Waals surface area (Å²) in [6.45, 7) is 7.84. The van der Waals surface area contributed by atoms with Crippen molar-refractivity contribution >= 4 is 11.9 Å². The van der Waals surface area contributed by atoms with E-state index in [1.54, 1.807) is 20.8 Å². The SMILES string of the molecule is CCC/C=C(C)/C(=C/C(=O)OCC)C(=O)OCC. The maximum atomic E-state index is 11.7. The van der Waals surface area contributed by atoms with Crippen molar-refractivity contribution in [3.63, 3.8) is 0 Å². The standard InChI is InChI=1S/C14H22O4/c1-5-8-9-11(4)12(14(16)18-7-3)10-13(15)17-6-2/h9-10H,5-8H2,1-4H3/b11-9+,12-10-. The Morgan fingerprint density at radius 3 is 2.17 bits per heavy atom. The lowest BCUT2D eigenvalue weighted by Crippen LogP contribution is -2.12. The van der Waals surface area contributed by atoms with Crippen LogP contribution in [0.25, 0.3) is 0 Å². The summed E-state index contributed by atoms with van der Waals surface area (Å²) >= 11 is 0. The number of allylic oxidation sites excluding steroid dienone is 1. The van der Waals surface area contributed by atoms with Crippen molar-refractivity contribution in [2.24, 2.45) is 0 Å². The number of carbonyl (C=O) groups excluding carboxylic acids is 2. The molecule has 0 atom stereocenters. The topological polar surface area (TPSA) is 52.6 Å². The van der Waals surface area contributed by atoms with Gasteiger partial charge in [0.05, 0.1) is 18.8 Å². The summed E-state index contributed by atoms with van der Waals surface area (Å²) in [7, 11) is 0. The predicted octanol–water partition coefficient (Wildman–Crippen LogP) is 2.79. The fourth-order valence-corrected chi connectivity index (χ4v) is 1.32. The van der Waals surface area contributed by atoms with Gasteiger partial charge in [0.2, 0.25) is 0 Å². The molecule has 0 aliphatic heterocycles. The zero-order valence-corrected chi connectivity index (χ0v) is 11.6. The van der Waals surface area contributed by atoms with Gasteiger partial charge in [-0.2, -0.15) is 0 Å². The number of hydrogen-bond acceptors (Lipinski definition) is 4. The van der Waals surface area contributed by atoms with E-state index >= 15 is 0 Å². The van der Waals surface area contributed by atoms with Crippen LogP contribution in [0.2, 0.25) is 0 Å². The van der Waals surface area contributed by atoms with Gasteiger partial charge in [-0.15, -0.1) is 0 Å². The monoisotopic (exact) mass is 254 g/mol. The van der Waals surface area contributed by atoms with Crippen LogP contribution in [0.15, 0.2) is 23.3 Å². The maximum absolute atomic E-state index is 11.7. The Morgan fingerprint density at radius 2 is 1.67 bits per heavy atom. The van der Waals surface area contributed by atoms with Crippen molar-refractivity contribution in [2.45, 2.75) is 40.5 Å². The second-order valence-electron chi connectivity index (χ2n) is 3.71. The van der Waals surface area contributed by atoms with Crippen LogP contribution < -0.4 is 0 Å². The molecule has 0 aromatic rings. The van der Waals surface area contributed by atoms with Gasteiger partial charge in [-0.3, -0.25) is 0 Å². The molecular formula is C14H22O4. The van der Waals surface area contributed by atoms with E-state index < -0.39 is 11.9 Å². The van der Waals surface area contributed by atoms with Gasteiger partial charge >= 0.3 is 11.9 Å². The Hall–Kier alpha value is -1.58. The van der Waals surface area contributed by atoms with Gasteiger partial charge in [-0.05, 0) is 32.8 Å². The van der Waals surface area contributed by atoms with Crippen LogP contribution in [0.1, 0.15) is 40.5 Å². The first-order valence-corrected chi connectivity index (χ1v) is 6.29. The van der Waals surface area contributed by atoms with E-state index in [9.17, 15) is 9.59 Å². The molecule has 0 spiro atoms. The summed E-state index contributed by atoms with van der Waals surface area (Å²) in [6.07, 6.45) is 4.95. The normalized spacial score (nSPS) is 12.2. The number of ether oxygens (including phenoxy) is 2. The average molecular weight is 254 g/mol. The van der Waals surface area contributed by atoms with Crippen molar-refractivity contribution in [2.75, 3.05) is 13.2 Å². The molecule has 102 valence electrons. The Balaban J connectivity index is 5.04. The molecular weight excluding hydrogens is 232 g/mol. The summed E-state index contributed by atoms with van der Waals surface area (Å²) in [6, 6.07) is 0. The maximum Gasteiger partial charge on any atom is 0.338 e. The highest BCUT2D eigenvalue weighted by Gasteiger charge is 2.14. The highest BCUT2D eigenvalue weighted by Crippen LogP contribution is 2.13. The minimum Gasteiger partial charge on any atom is -0.463 e. The summed E-state index contributed by atoms with van der Waals surface area (Å²) < 4.78 is 9.73. The molecule has 0 fully saturated rings. The molecule has 0 radical (unpaired) electrons. The number of esters is 2. The third-order valence-electron chi connectivity index (χ3n) is 2.21. The van der Waals surface area contributed by atoms with Gasteiger partial charge < -0.3 is 9.47 Å². The molecule has 0 saturated carbocycles. The minimum atomic E-state index is -0.523. The van der Waals surface area contributed by atoms with E-state index in [-0.39, 0.29) is 18.8 Å². The van der Waals surface area contributed by atoms with Gasteiger partial charge in [-0.1, -0.05) is 19.4 Å². The lowest BCUT2D eigenvalue weighted by Gasteiger charge is -2.07. The summed E-state index contributed by atoms with van der Waals surface area (Å²) in [5, 5.41) is 0. The van der Waals surface area contributed by atoms with E-state index in [2.05, 4.69) is 0 Å². The van der Waals surface area contributed by atoms with E-state index in [4.69, 9.17) is 9.47 Å². The molecule has 0 rings (SSSR count). The minimum absolute atomic E-state index is 0.267. The first kappa shape index (κ1) is 16.4. The van der Waals surface area contributed by atoms with Crippen LogP contribution in [-0.2, 0) is 19.1 Å². The highest BCUT2D eigenvalue weighted by atomic mass is 16.5. The van der Waals surface area contributed by atoms with E-state index in [0.29, 0.717) is 0 Å². The summed E-state index contributed by atoms with van der Waals surface area (Å²) in [4.78, 5) is 23.2. The number of unbranched alkanes of at least 4 members (excludes halogenated alkanes) is 1. The lowest BCUT2D eigenvalue weighted by molar-refractivity contribution is -0.140. The van der Waals surface area contributed by atoms with Crippen molar-refractivity contribution in [3.8, 4) is 0 Å². The largest absolute Gasteiger partial charge is 0.463 e. The van der Waals surface area contributed by atoms with Gasteiger partial charge in [0.25, 0.3) is 0 Å². The molecule has 4 nitrogen and oxygen atoms in total. The van der Waals surface area contributed by atoms with Crippen LogP contribution >= 0.6 is 0 Å². The summed E-state index contributed by atoms with van der Waals surface area (Å²) in [5.41, 5.74) is 1.01. The molecule has 0 N–H and O–H groups in total. The third kappa shape index (κ3) is 6.23. The van der Waals surface area contributed by atoms with Crippen LogP contribution in [0.5, 0.6) is 0 Å². The van der Waals surface area contributed by atoms with Crippen LogP contribution in [0, 0.1) is 0 Å². The number of carbonyl (C=O) groups is 2. The Labute approximate surface area is 109 Å². The fourth-order valence-electron chi connectivity index (χ4n) is 1.32. The molecule has 0 aliphatic carbocycles. The third-order valence-corrected chi connectivity index (χ3v) is 2.21. The van der Waals surface area contributed by atoms with Crippen LogP contribution in [0.4, 0.5) is 0 Å². The molecule has 0 aromatic carbocycles. The quantitative estimate of drug-likeness (QED) is 0.398. The Bertz CT molecular complexity index is 340. The zero-order valence-electron chi connectivity index (χ0n) is 11.6. The molecule has 0 unspecified atom stereocenters. The van der Waals surface area contributed by atoms with E-state index in [0.717, 1.165) is 18.4 Å². The lowest BCUT2D eigenvalue weighted by atomic mass is 10.1. The van der Waals surface area contributed by atoms with Crippen molar-refractivity contribution in [1.29, 1.82) is 0 Å². The zero-order chi connectivity index (χ0) is 14.0. The molecule has 0 aliphatic rings. The summed E-state index contributed by atoms with van der Waals surface area (Å²) in [5.74, 6) is -1.01. The van der Waals surface area contributed by atoms with Gasteiger partial charge in [0, 0.05) is 6.08 Å². The highest BCUT2D eigenvalue weighted by molar-refractivity contribution is 5.99. The fraction of sp³-hybridized carbons (Fsp3) is 0.571. The van der Waals surface area contributed by atoms with Gasteiger partial charge in [0.1, 0.15) is 0 Å². The van der Waals surface area contributed by atoms with Gasteiger partial charge in [0.15, 0.2) is 0 Å². The van der Waals surface area contributed by atoms with Crippen molar-refractivity contribution < 1.29 is 19.1 Å². The van der Waals surface area contributed by atoms with Crippen molar-refractivity contribution in [3.05, 3.63) is 23.3 Å². The average Bonchev–Trinajstić information content (AvgIpc) is 2.33. The Kier molecular flexibility index (Phi) is 8.62. The first-order chi connectivity index (χ1) is 8.56. The van der Waals surface area contributed by atoms with Gasteiger partial charge in [-0.25, -0.2) is 9.59 Å². The molecule has 0 saturated heterocycles. The second-order valence-corrected chi connectivity index (χ2v) is 3.71. The molecule has 18 heavy (non-hydrogen) atoms. The molecule has 0 aromatic heterocycles. The molecule has 0 amide bonds. The Morgan fingerprint density at radius 1 is 1.06 bits per heavy atom. The predicted molar refractivity (Wildman–Crippen MR) is 70.0 cm³/mol. The van der Waals surface area contributed by atoms with Crippen molar-refractivity contribution in [1.82, 2.24) is 0 Å². The number of hydrogen-bond donors (Lipinski definition) is 0. The molecule has 0 bridgehead atoms. The number of rotatable bonds is 7. The second kappa shape index (κ2) is 9.45. The molecule has 0 heterocycles. The first-order valence-electron chi connectivity index (χ1n) is 6.29.